The molecule has 3 rings (SSSR count). The second-order valence-electron chi connectivity index (χ2n) is 6.29. The summed E-state index contributed by atoms with van der Waals surface area (Å²) in [5, 5.41) is 15.2. The van der Waals surface area contributed by atoms with Crippen molar-refractivity contribution in [2.24, 2.45) is 0 Å². The maximum atomic E-state index is 12.9. The van der Waals surface area contributed by atoms with Crippen molar-refractivity contribution in [3.05, 3.63) is 50.2 Å². The molecule has 1 saturated heterocycles. The first kappa shape index (κ1) is 19.5. The van der Waals surface area contributed by atoms with Crippen LogP contribution in [0.4, 0.5) is 11.4 Å². The van der Waals surface area contributed by atoms with Crippen LogP contribution < -0.4 is 5.32 Å². The molecule has 0 radical (unpaired) electrons. The molecule has 1 N–H and O–H groups in total. The Balaban J connectivity index is 1.86. The minimum absolute atomic E-state index is 0.0199. The van der Waals surface area contributed by atoms with Gasteiger partial charge in [-0.25, -0.2) is 8.42 Å². The summed E-state index contributed by atoms with van der Waals surface area (Å²) in [6.45, 7) is 2.50. The quantitative estimate of drug-likeness (QED) is 0.601. The van der Waals surface area contributed by atoms with E-state index in [4.69, 9.17) is 0 Å². The highest BCUT2D eigenvalue weighted by atomic mass is 32.2. The van der Waals surface area contributed by atoms with E-state index in [1.54, 1.807) is 18.4 Å². The smallest absolute Gasteiger partial charge is 0.274 e. The number of piperidine rings is 1. The van der Waals surface area contributed by atoms with E-state index < -0.39 is 20.9 Å². The molecule has 0 unspecified atom stereocenters. The van der Waals surface area contributed by atoms with Crippen molar-refractivity contribution in [1.82, 2.24) is 4.31 Å². The summed E-state index contributed by atoms with van der Waals surface area (Å²) >= 11 is 1.03. The number of amides is 1. The lowest BCUT2D eigenvalue weighted by molar-refractivity contribution is -0.385. The van der Waals surface area contributed by atoms with Crippen molar-refractivity contribution in [2.45, 2.75) is 31.1 Å². The molecule has 8 nitrogen and oxygen atoms in total. The molecule has 0 bridgehead atoms. The third kappa shape index (κ3) is 4.02. The maximum absolute atomic E-state index is 12.9. The Morgan fingerprint density at radius 1 is 1.22 bits per heavy atom. The van der Waals surface area contributed by atoms with Crippen LogP contribution in [0.1, 0.15) is 34.5 Å². The van der Waals surface area contributed by atoms with E-state index >= 15 is 0 Å². The number of nitrogens with one attached hydrogen (secondary N) is 1. The van der Waals surface area contributed by atoms with Gasteiger partial charge in [-0.05, 0) is 37.3 Å². The highest BCUT2D eigenvalue weighted by Gasteiger charge is 2.31. The van der Waals surface area contributed by atoms with E-state index in [-0.39, 0.29) is 21.1 Å². The van der Waals surface area contributed by atoms with Gasteiger partial charge >= 0.3 is 0 Å². The molecular weight excluding hydrogens is 390 g/mol. The van der Waals surface area contributed by atoms with Crippen LogP contribution in [0.2, 0.25) is 0 Å². The molecule has 0 spiro atoms. The van der Waals surface area contributed by atoms with Crippen molar-refractivity contribution < 1.29 is 18.1 Å². The van der Waals surface area contributed by atoms with Crippen LogP contribution in [0, 0.1) is 17.0 Å². The summed E-state index contributed by atoms with van der Waals surface area (Å²) in [5.41, 5.74) is 0.606. The van der Waals surface area contributed by atoms with Crippen LogP contribution in [0.5, 0.6) is 0 Å². The van der Waals surface area contributed by atoms with Crippen molar-refractivity contribution in [1.29, 1.82) is 0 Å². The van der Waals surface area contributed by atoms with Gasteiger partial charge in [-0.3, -0.25) is 14.9 Å². The lowest BCUT2D eigenvalue weighted by atomic mass is 10.2. The summed E-state index contributed by atoms with van der Waals surface area (Å²) in [6, 6.07) is 5.78. The molecule has 1 fully saturated rings. The zero-order valence-corrected chi connectivity index (χ0v) is 16.3. The van der Waals surface area contributed by atoms with Gasteiger partial charge in [0.2, 0.25) is 10.0 Å². The van der Waals surface area contributed by atoms with Gasteiger partial charge in [0.05, 0.1) is 4.92 Å². The van der Waals surface area contributed by atoms with Crippen molar-refractivity contribution >= 4 is 38.6 Å². The molecule has 2 aromatic rings. The van der Waals surface area contributed by atoms with Crippen molar-refractivity contribution in [3.8, 4) is 0 Å². The standard InChI is InChI=1S/C17H19N3O5S2/c1-12-5-6-13(11-14(12)20(22)23)18-17(21)16-15(7-10-26-16)27(24,25)19-8-3-2-4-9-19/h5-7,10-11H,2-4,8-9H2,1H3,(H,18,21). The van der Waals surface area contributed by atoms with Gasteiger partial charge in [-0.1, -0.05) is 12.5 Å². The van der Waals surface area contributed by atoms with E-state index in [0.717, 1.165) is 30.6 Å². The maximum Gasteiger partial charge on any atom is 0.274 e. The Hall–Kier alpha value is -2.30. The fourth-order valence-corrected chi connectivity index (χ4v) is 5.80. The summed E-state index contributed by atoms with van der Waals surface area (Å²) in [6.07, 6.45) is 2.60. The SMILES string of the molecule is Cc1ccc(NC(=O)c2sccc2S(=O)(=O)N2CCCCC2)cc1[N+](=O)[O-]. The van der Waals surface area contributed by atoms with Gasteiger partial charge in [0, 0.05) is 30.4 Å². The average molecular weight is 409 g/mol. The van der Waals surface area contributed by atoms with Gasteiger partial charge in [-0.15, -0.1) is 11.3 Å². The monoisotopic (exact) mass is 409 g/mol. The van der Waals surface area contributed by atoms with Gasteiger partial charge in [-0.2, -0.15) is 4.31 Å². The summed E-state index contributed by atoms with van der Waals surface area (Å²) in [7, 11) is -3.74. The molecule has 10 heteroatoms. The van der Waals surface area contributed by atoms with Gasteiger partial charge < -0.3 is 5.32 Å². The molecule has 1 aliphatic rings. The second-order valence-corrected chi connectivity index (χ2v) is 9.11. The zero-order valence-electron chi connectivity index (χ0n) is 14.7. The number of hydrogen-bond donors (Lipinski definition) is 1. The van der Waals surface area contributed by atoms with E-state index in [9.17, 15) is 23.3 Å². The summed E-state index contributed by atoms with van der Waals surface area (Å²) < 4.78 is 27.2. The number of sulfonamides is 1. The third-order valence-electron chi connectivity index (χ3n) is 4.43. The largest absolute Gasteiger partial charge is 0.321 e. The first-order valence-corrected chi connectivity index (χ1v) is 10.8. The number of thiophene rings is 1. The number of benzene rings is 1. The molecule has 1 amide bonds. The second kappa shape index (κ2) is 7.75. The van der Waals surface area contributed by atoms with Crippen LogP contribution in [-0.4, -0.2) is 36.6 Å². The molecule has 0 aliphatic carbocycles. The lowest BCUT2D eigenvalue weighted by Crippen LogP contribution is -2.36. The molecule has 1 aromatic carbocycles. The molecule has 0 saturated carbocycles. The molecule has 1 aliphatic heterocycles. The molecule has 2 heterocycles. The van der Waals surface area contributed by atoms with Crippen molar-refractivity contribution in [2.75, 3.05) is 18.4 Å². The minimum atomic E-state index is -3.74. The zero-order chi connectivity index (χ0) is 19.6. The minimum Gasteiger partial charge on any atom is -0.321 e. The van der Waals surface area contributed by atoms with Gasteiger partial charge in [0.25, 0.3) is 11.6 Å². The number of carbonyl (C=O) groups excluding carboxylic acids is 1. The fourth-order valence-electron chi connectivity index (χ4n) is 2.98. The molecule has 27 heavy (non-hydrogen) atoms. The predicted octanol–water partition coefficient (Wildman–Crippen LogP) is 3.39. The van der Waals surface area contributed by atoms with Gasteiger partial charge in [0.15, 0.2) is 0 Å². The van der Waals surface area contributed by atoms with Crippen LogP contribution in [-0.2, 0) is 10.0 Å². The van der Waals surface area contributed by atoms with Gasteiger partial charge in [0.1, 0.15) is 9.77 Å². The number of hydrogen-bond acceptors (Lipinski definition) is 6. The Morgan fingerprint density at radius 3 is 2.59 bits per heavy atom. The summed E-state index contributed by atoms with van der Waals surface area (Å²) in [5.74, 6) is -0.598. The van der Waals surface area contributed by atoms with E-state index in [1.807, 2.05) is 0 Å². The Labute approximate surface area is 161 Å². The Kier molecular flexibility index (Phi) is 5.59. The number of aryl methyl sites for hydroxylation is 1. The van der Waals surface area contributed by atoms with Crippen LogP contribution in [0.25, 0.3) is 0 Å². The van der Waals surface area contributed by atoms with Crippen LogP contribution >= 0.6 is 11.3 Å². The predicted molar refractivity (Wildman–Crippen MR) is 103 cm³/mol. The van der Waals surface area contributed by atoms with Crippen LogP contribution in [0.15, 0.2) is 34.5 Å². The first-order valence-electron chi connectivity index (χ1n) is 8.45. The van der Waals surface area contributed by atoms with E-state index in [1.165, 1.54) is 22.5 Å². The molecule has 1 aromatic heterocycles. The first-order chi connectivity index (χ1) is 12.8. The number of rotatable bonds is 5. The summed E-state index contributed by atoms with van der Waals surface area (Å²) in [4.78, 5) is 23.2. The van der Waals surface area contributed by atoms with Crippen LogP contribution in [0.3, 0.4) is 0 Å². The fraction of sp³-hybridized carbons (Fsp3) is 0.353. The van der Waals surface area contributed by atoms with E-state index in [0.29, 0.717) is 18.7 Å². The highest BCUT2D eigenvalue weighted by Crippen LogP contribution is 2.29. The Morgan fingerprint density at radius 2 is 1.93 bits per heavy atom. The molecular formula is C17H19N3O5S2. The number of carbonyl (C=O) groups is 1. The highest BCUT2D eigenvalue weighted by molar-refractivity contribution is 7.89. The third-order valence-corrected chi connectivity index (χ3v) is 7.42. The molecule has 0 atom stereocenters. The number of nitro benzene ring substituents is 1. The number of nitro groups is 1. The Bertz CT molecular complexity index is 978. The molecule has 144 valence electrons. The lowest BCUT2D eigenvalue weighted by Gasteiger charge is -2.25. The van der Waals surface area contributed by atoms with E-state index in [2.05, 4.69) is 5.32 Å². The number of anilines is 1. The average Bonchev–Trinajstić information content (AvgIpc) is 3.14. The van der Waals surface area contributed by atoms with Crippen molar-refractivity contribution in [3.63, 3.8) is 0 Å². The normalized spacial score (nSPS) is 15.4. The number of nitrogens with zero attached hydrogens (tertiary/aromatic N) is 2. The topological polar surface area (TPSA) is 110 Å².